The second kappa shape index (κ2) is 6.32. The van der Waals surface area contributed by atoms with Gasteiger partial charge >= 0.3 is 0 Å². The fourth-order valence-corrected chi connectivity index (χ4v) is 3.64. The van der Waals surface area contributed by atoms with Crippen molar-refractivity contribution in [2.45, 2.75) is 25.7 Å². The van der Waals surface area contributed by atoms with Crippen LogP contribution in [0.2, 0.25) is 0 Å². The Morgan fingerprint density at radius 2 is 1.82 bits per heavy atom. The summed E-state index contributed by atoms with van der Waals surface area (Å²) < 4.78 is 26.4. The molecule has 2 saturated heterocycles. The molecule has 3 nitrogen and oxygen atoms in total. The summed E-state index contributed by atoms with van der Waals surface area (Å²) in [5.74, 6) is -0.870. The number of carbonyl (C=O) groups is 1. The van der Waals surface area contributed by atoms with Crippen molar-refractivity contribution in [3.05, 3.63) is 35.4 Å². The summed E-state index contributed by atoms with van der Waals surface area (Å²) in [4.78, 5) is 14.6. The van der Waals surface area contributed by atoms with Gasteiger partial charge in [0.2, 0.25) is 5.91 Å². The standard InChI is InChI=1S/C17H22F2N2O/c1-11(12-2-3-15(18)16(19)8-12)17(22)21-6-4-13-9-20-10-14(13)5-7-21/h2-3,8,11,13-14,20H,4-7,9-10H2,1H3/t11?,13-,14+. The second-order valence-corrected chi connectivity index (χ2v) is 6.48. The van der Waals surface area contributed by atoms with Gasteiger partial charge in [0.25, 0.3) is 0 Å². The lowest BCUT2D eigenvalue weighted by atomic mass is 9.92. The van der Waals surface area contributed by atoms with Crippen LogP contribution < -0.4 is 5.32 Å². The summed E-state index contributed by atoms with van der Waals surface area (Å²) in [6, 6.07) is 3.72. The van der Waals surface area contributed by atoms with Crippen molar-refractivity contribution >= 4 is 5.91 Å². The minimum Gasteiger partial charge on any atom is -0.342 e. The molecular weight excluding hydrogens is 286 g/mol. The average molecular weight is 308 g/mol. The van der Waals surface area contributed by atoms with Gasteiger partial charge in [0, 0.05) is 13.1 Å². The van der Waals surface area contributed by atoms with Gasteiger partial charge in [-0.1, -0.05) is 6.07 Å². The number of hydrogen-bond donors (Lipinski definition) is 1. The van der Waals surface area contributed by atoms with E-state index in [1.807, 2.05) is 4.90 Å². The van der Waals surface area contributed by atoms with Crippen LogP contribution in [0.25, 0.3) is 0 Å². The molecule has 3 rings (SSSR count). The number of halogens is 2. The summed E-state index contributed by atoms with van der Waals surface area (Å²) in [7, 11) is 0. The lowest BCUT2D eigenvalue weighted by Crippen LogP contribution is -2.35. The van der Waals surface area contributed by atoms with E-state index in [2.05, 4.69) is 5.32 Å². The number of fused-ring (bicyclic) bond motifs is 1. The molecule has 1 aromatic carbocycles. The first kappa shape index (κ1) is 15.4. The maximum atomic E-state index is 13.4. The van der Waals surface area contributed by atoms with Crippen LogP contribution in [0, 0.1) is 23.5 Å². The minimum absolute atomic E-state index is 0.0129. The maximum absolute atomic E-state index is 13.4. The smallest absolute Gasteiger partial charge is 0.229 e. The third-order valence-electron chi connectivity index (χ3n) is 5.15. The van der Waals surface area contributed by atoms with Gasteiger partial charge in [-0.05, 0) is 62.4 Å². The summed E-state index contributed by atoms with van der Waals surface area (Å²) in [6.07, 6.45) is 2.04. The van der Waals surface area contributed by atoms with Crippen LogP contribution >= 0.6 is 0 Å². The number of nitrogens with zero attached hydrogens (tertiary/aromatic N) is 1. The number of likely N-dealkylation sites (tertiary alicyclic amines) is 1. The van der Waals surface area contributed by atoms with Crippen molar-refractivity contribution in [1.82, 2.24) is 10.2 Å². The van der Waals surface area contributed by atoms with Gasteiger partial charge in [0.1, 0.15) is 0 Å². The van der Waals surface area contributed by atoms with E-state index in [1.54, 1.807) is 6.92 Å². The Hall–Kier alpha value is -1.49. The van der Waals surface area contributed by atoms with Crippen molar-refractivity contribution in [1.29, 1.82) is 0 Å². The van der Waals surface area contributed by atoms with Gasteiger partial charge < -0.3 is 10.2 Å². The summed E-state index contributed by atoms with van der Waals surface area (Å²) in [5, 5.41) is 3.42. The molecule has 1 amide bonds. The highest BCUT2D eigenvalue weighted by atomic mass is 19.2. The quantitative estimate of drug-likeness (QED) is 0.910. The fraction of sp³-hybridized carbons (Fsp3) is 0.588. The molecule has 0 aliphatic carbocycles. The SMILES string of the molecule is CC(C(=O)N1CC[C@@H]2CNC[C@@H]2CC1)c1ccc(F)c(F)c1. The van der Waals surface area contributed by atoms with E-state index in [1.165, 1.54) is 6.07 Å². The van der Waals surface area contributed by atoms with Gasteiger partial charge in [0.05, 0.1) is 5.92 Å². The van der Waals surface area contributed by atoms with Gasteiger partial charge in [-0.15, -0.1) is 0 Å². The van der Waals surface area contributed by atoms with Crippen molar-refractivity contribution in [3.63, 3.8) is 0 Å². The topological polar surface area (TPSA) is 32.3 Å². The highest BCUT2D eigenvalue weighted by Gasteiger charge is 2.32. The van der Waals surface area contributed by atoms with Crippen molar-refractivity contribution in [3.8, 4) is 0 Å². The third-order valence-corrected chi connectivity index (χ3v) is 5.15. The van der Waals surface area contributed by atoms with Crippen LogP contribution in [0.15, 0.2) is 18.2 Å². The molecule has 0 aromatic heterocycles. The molecule has 2 aliphatic heterocycles. The third kappa shape index (κ3) is 3.00. The van der Waals surface area contributed by atoms with Crippen molar-refractivity contribution in [2.24, 2.45) is 11.8 Å². The molecule has 22 heavy (non-hydrogen) atoms. The minimum atomic E-state index is -0.895. The second-order valence-electron chi connectivity index (χ2n) is 6.48. The first-order chi connectivity index (χ1) is 10.6. The van der Waals surface area contributed by atoms with Crippen LogP contribution in [-0.4, -0.2) is 37.0 Å². The summed E-state index contributed by atoms with van der Waals surface area (Å²) in [6.45, 7) is 5.38. The molecule has 0 spiro atoms. The van der Waals surface area contributed by atoms with Crippen LogP contribution in [0.3, 0.4) is 0 Å². The van der Waals surface area contributed by atoms with Gasteiger partial charge in [-0.3, -0.25) is 4.79 Å². The number of nitrogens with one attached hydrogen (secondary N) is 1. The molecule has 2 aliphatic rings. The highest BCUT2D eigenvalue weighted by Crippen LogP contribution is 2.29. The van der Waals surface area contributed by atoms with Crippen molar-refractivity contribution < 1.29 is 13.6 Å². The number of hydrogen-bond acceptors (Lipinski definition) is 2. The van der Waals surface area contributed by atoms with Gasteiger partial charge in [-0.25, -0.2) is 8.78 Å². The van der Waals surface area contributed by atoms with Gasteiger partial charge in [0.15, 0.2) is 11.6 Å². The molecule has 1 unspecified atom stereocenters. The van der Waals surface area contributed by atoms with E-state index in [9.17, 15) is 13.6 Å². The Bertz CT molecular complexity index is 550. The van der Waals surface area contributed by atoms with Gasteiger partial charge in [-0.2, -0.15) is 0 Å². The molecule has 0 bridgehead atoms. The lowest BCUT2D eigenvalue weighted by Gasteiger charge is -2.25. The lowest BCUT2D eigenvalue weighted by molar-refractivity contribution is -0.132. The predicted molar refractivity (Wildman–Crippen MR) is 80.4 cm³/mol. The van der Waals surface area contributed by atoms with E-state index < -0.39 is 17.6 Å². The Morgan fingerprint density at radius 1 is 1.18 bits per heavy atom. The number of carbonyl (C=O) groups excluding carboxylic acids is 1. The average Bonchev–Trinajstić information content (AvgIpc) is 2.87. The monoisotopic (exact) mass is 308 g/mol. The van der Waals surface area contributed by atoms with Crippen molar-refractivity contribution in [2.75, 3.05) is 26.2 Å². The first-order valence-corrected chi connectivity index (χ1v) is 8.00. The molecular formula is C17H22F2N2O. The largest absolute Gasteiger partial charge is 0.342 e. The number of rotatable bonds is 2. The molecule has 0 radical (unpaired) electrons. The molecule has 0 saturated carbocycles. The Kier molecular flexibility index (Phi) is 4.43. The normalized spacial score (nSPS) is 26.4. The molecule has 1 N–H and O–H groups in total. The summed E-state index contributed by atoms with van der Waals surface area (Å²) >= 11 is 0. The number of benzene rings is 1. The van der Waals surface area contributed by atoms with Crippen LogP contribution in [0.5, 0.6) is 0 Å². The van der Waals surface area contributed by atoms with E-state index in [-0.39, 0.29) is 5.91 Å². The zero-order valence-corrected chi connectivity index (χ0v) is 12.8. The molecule has 2 fully saturated rings. The van der Waals surface area contributed by atoms with Crippen LogP contribution in [0.4, 0.5) is 8.78 Å². The van der Waals surface area contributed by atoms with E-state index in [0.717, 1.165) is 51.2 Å². The molecule has 2 heterocycles. The molecule has 3 atom stereocenters. The number of amides is 1. The maximum Gasteiger partial charge on any atom is 0.229 e. The first-order valence-electron chi connectivity index (χ1n) is 8.00. The summed E-state index contributed by atoms with van der Waals surface area (Å²) in [5.41, 5.74) is 0.537. The van der Waals surface area contributed by atoms with Crippen LogP contribution in [0.1, 0.15) is 31.2 Å². The van der Waals surface area contributed by atoms with E-state index in [4.69, 9.17) is 0 Å². The highest BCUT2D eigenvalue weighted by molar-refractivity contribution is 5.83. The Morgan fingerprint density at radius 3 is 2.41 bits per heavy atom. The van der Waals surface area contributed by atoms with E-state index in [0.29, 0.717) is 17.4 Å². The van der Waals surface area contributed by atoms with E-state index >= 15 is 0 Å². The zero-order valence-electron chi connectivity index (χ0n) is 12.8. The Balaban J connectivity index is 1.68. The zero-order chi connectivity index (χ0) is 15.7. The molecule has 5 heteroatoms. The fourth-order valence-electron chi connectivity index (χ4n) is 3.64. The predicted octanol–water partition coefficient (Wildman–Crippen LogP) is 2.53. The Labute approximate surface area is 129 Å². The molecule has 120 valence electrons. The molecule has 1 aromatic rings. The van der Waals surface area contributed by atoms with Crippen LogP contribution in [-0.2, 0) is 4.79 Å².